The monoisotopic (exact) mass is 294 g/mol. The lowest BCUT2D eigenvalue weighted by atomic mass is 10.2. The van der Waals surface area contributed by atoms with Gasteiger partial charge >= 0.3 is 0 Å². The molecule has 1 aromatic carbocycles. The van der Waals surface area contributed by atoms with Crippen LogP contribution >= 0.6 is 0 Å². The third-order valence-corrected chi connectivity index (χ3v) is 3.04. The van der Waals surface area contributed by atoms with Gasteiger partial charge in [-0.1, -0.05) is 13.8 Å². The van der Waals surface area contributed by atoms with Crippen molar-refractivity contribution in [3.63, 3.8) is 0 Å². The summed E-state index contributed by atoms with van der Waals surface area (Å²) in [5, 5.41) is 6.15. The molecule has 0 aliphatic carbocycles. The van der Waals surface area contributed by atoms with Crippen LogP contribution in [0.15, 0.2) is 18.2 Å². The molecule has 0 aliphatic heterocycles. The Hall–Kier alpha value is -1.75. The number of methoxy groups -OCH3 is 2. The maximum atomic E-state index is 11.6. The van der Waals surface area contributed by atoms with Gasteiger partial charge in [0.05, 0.1) is 14.2 Å². The third-order valence-electron chi connectivity index (χ3n) is 3.04. The molecule has 1 rings (SSSR count). The van der Waals surface area contributed by atoms with Gasteiger partial charge in [-0.05, 0) is 24.1 Å². The summed E-state index contributed by atoms with van der Waals surface area (Å²) in [5.41, 5.74) is 1.01. The predicted molar refractivity (Wildman–Crippen MR) is 83.7 cm³/mol. The van der Waals surface area contributed by atoms with Gasteiger partial charge in [0.25, 0.3) is 0 Å². The minimum Gasteiger partial charge on any atom is -0.497 e. The Labute approximate surface area is 127 Å². The second kappa shape index (κ2) is 9.23. The quantitative estimate of drug-likeness (QED) is 0.684. The standard InChI is InChI=1S/C16H26N2O3/c1-12(2)10-18-16(19)7-8-17-11-13-9-14(20-3)5-6-15(13)21-4/h5-6,9,12,17H,7-8,10-11H2,1-4H3,(H,18,19). The van der Waals surface area contributed by atoms with E-state index in [1.165, 1.54) is 0 Å². The highest BCUT2D eigenvalue weighted by atomic mass is 16.5. The van der Waals surface area contributed by atoms with E-state index in [1.807, 2.05) is 18.2 Å². The molecule has 0 saturated heterocycles. The molecule has 0 radical (unpaired) electrons. The molecule has 0 bridgehead atoms. The van der Waals surface area contributed by atoms with Crippen molar-refractivity contribution in [2.24, 2.45) is 5.92 Å². The third kappa shape index (κ3) is 6.49. The lowest BCUT2D eigenvalue weighted by molar-refractivity contribution is -0.121. The first-order valence-electron chi connectivity index (χ1n) is 7.25. The van der Waals surface area contributed by atoms with Gasteiger partial charge in [-0.2, -0.15) is 0 Å². The van der Waals surface area contributed by atoms with Crippen LogP contribution in [0.25, 0.3) is 0 Å². The number of nitrogens with one attached hydrogen (secondary N) is 2. The zero-order valence-corrected chi connectivity index (χ0v) is 13.4. The van der Waals surface area contributed by atoms with E-state index in [2.05, 4.69) is 24.5 Å². The van der Waals surface area contributed by atoms with Crippen molar-refractivity contribution in [3.8, 4) is 11.5 Å². The molecule has 0 unspecified atom stereocenters. The zero-order valence-electron chi connectivity index (χ0n) is 13.4. The average molecular weight is 294 g/mol. The van der Waals surface area contributed by atoms with Crippen LogP contribution in [-0.4, -0.2) is 33.2 Å². The highest BCUT2D eigenvalue weighted by molar-refractivity contribution is 5.76. The molecule has 1 amide bonds. The fourth-order valence-corrected chi connectivity index (χ4v) is 1.85. The summed E-state index contributed by atoms with van der Waals surface area (Å²) in [5.74, 6) is 2.16. The maximum Gasteiger partial charge on any atom is 0.221 e. The molecule has 0 aliphatic rings. The number of benzene rings is 1. The molecule has 2 N–H and O–H groups in total. The van der Waals surface area contributed by atoms with Gasteiger partial charge in [0.1, 0.15) is 11.5 Å². The van der Waals surface area contributed by atoms with Crippen LogP contribution < -0.4 is 20.1 Å². The zero-order chi connectivity index (χ0) is 15.7. The van der Waals surface area contributed by atoms with Crippen molar-refractivity contribution in [1.82, 2.24) is 10.6 Å². The van der Waals surface area contributed by atoms with Gasteiger partial charge < -0.3 is 20.1 Å². The summed E-state index contributed by atoms with van der Waals surface area (Å²) in [7, 11) is 3.28. The van der Waals surface area contributed by atoms with E-state index in [9.17, 15) is 4.79 Å². The first-order chi connectivity index (χ1) is 10.1. The molecule has 0 heterocycles. The van der Waals surface area contributed by atoms with Crippen LogP contribution in [0, 0.1) is 5.92 Å². The first kappa shape index (κ1) is 17.3. The van der Waals surface area contributed by atoms with Gasteiger partial charge in [-0.25, -0.2) is 0 Å². The first-order valence-corrected chi connectivity index (χ1v) is 7.25. The molecular weight excluding hydrogens is 268 g/mol. The van der Waals surface area contributed by atoms with E-state index in [-0.39, 0.29) is 5.91 Å². The molecule has 0 aromatic heterocycles. The summed E-state index contributed by atoms with van der Waals surface area (Å²) in [4.78, 5) is 11.6. The number of hydrogen-bond acceptors (Lipinski definition) is 4. The normalized spacial score (nSPS) is 10.5. The smallest absolute Gasteiger partial charge is 0.221 e. The van der Waals surface area contributed by atoms with E-state index in [1.54, 1.807) is 14.2 Å². The highest BCUT2D eigenvalue weighted by Crippen LogP contribution is 2.23. The van der Waals surface area contributed by atoms with Crippen LogP contribution in [0.5, 0.6) is 11.5 Å². The van der Waals surface area contributed by atoms with Crippen LogP contribution in [0.4, 0.5) is 0 Å². The molecule has 5 nitrogen and oxygen atoms in total. The van der Waals surface area contributed by atoms with Gasteiger partial charge in [-0.3, -0.25) is 4.79 Å². The lowest BCUT2D eigenvalue weighted by Crippen LogP contribution is -2.30. The second-order valence-corrected chi connectivity index (χ2v) is 5.30. The van der Waals surface area contributed by atoms with Crippen molar-refractivity contribution in [2.75, 3.05) is 27.3 Å². The summed E-state index contributed by atoms with van der Waals surface area (Å²) >= 11 is 0. The van der Waals surface area contributed by atoms with Crippen LogP contribution in [-0.2, 0) is 11.3 Å². The Morgan fingerprint density at radius 2 is 2.00 bits per heavy atom. The van der Waals surface area contributed by atoms with E-state index < -0.39 is 0 Å². The number of carbonyl (C=O) groups excluding carboxylic acids is 1. The fourth-order valence-electron chi connectivity index (χ4n) is 1.85. The summed E-state index contributed by atoms with van der Waals surface area (Å²) in [6.07, 6.45) is 0.471. The van der Waals surface area contributed by atoms with Crippen molar-refractivity contribution < 1.29 is 14.3 Å². The summed E-state index contributed by atoms with van der Waals surface area (Å²) < 4.78 is 10.5. The van der Waals surface area contributed by atoms with Crippen LogP contribution in [0.3, 0.4) is 0 Å². The van der Waals surface area contributed by atoms with E-state index >= 15 is 0 Å². The Kier molecular flexibility index (Phi) is 7.61. The van der Waals surface area contributed by atoms with Crippen molar-refractivity contribution in [3.05, 3.63) is 23.8 Å². The van der Waals surface area contributed by atoms with Crippen molar-refractivity contribution in [2.45, 2.75) is 26.8 Å². The number of rotatable bonds is 9. The Morgan fingerprint density at radius 1 is 1.24 bits per heavy atom. The molecule has 1 aromatic rings. The molecule has 0 spiro atoms. The molecule has 0 saturated carbocycles. The second-order valence-electron chi connectivity index (χ2n) is 5.30. The van der Waals surface area contributed by atoms with E-state index in [0.717, 1.165) is 23.6 Å². The molecule has 0 fully saturated rings. The number of hydrogen-bond donors (Lipinski definition) is 2. The maximum absolute atomic E-state index is 11.6. The summed E-state index contributed by atoms with van der Waals surface area (Å²) in [6, 6.07) is 5.68. The number of carbonyl (C=O) groups is 1. The minimum atomic E-state index is 0.0776. The Morgan fingerprint density at radius 3 is 2.62 bits per heavy atom. The molecule has 0 atom stereocenters. The molecule has 118 valence electrons. The average Bonchev–Trinajstić information content (AvgIpc) is 2.49. The van der Waals surface area contributed by atoms with Gasteiger partial charge in [0, 0.05) is 31.6 Å². The number of ether oxygens (including phenoxy) is 2. The van der Waals surface area contributed by atoms with Crippen LogP contribution in [0.2, 0.25) is 0 Å². The molecule has 21 heavy (non-hydrogen) atoms. The fraction of sp³-hybridized carbons (Fsp3) is 0.562. The topological polar surface area (TPSA) is 59.6 Å². The Bertz CT molecular complexity index is 447. The van der Waals surface area contributed by atoms with Gasteiger partial charge in [0.2, 0.25) is 5.91 Å². The van der Waals surface area contributed by atoms with Crippen molar-refractivity contribution in [1.29, 1.82) is 0 Å². The number of amides is 1. The lowest BCUT2D eigenvalue weighted by Gasteiger charge is -2.12. The van der Waals surface area contributed by atoms with E-state index in [4.69, 9.17) is 9.47 Å². The van der Waals surface area contributed by atoms with E-state index in [0.29, 0.717) is 25.4 Å². The van der Waals surface area contributed by atoms with Gasteiger partial charge in [-0.15, -0.1) is 0 Å². The molecule has 5 heteroatoms. The highest BCUT2D eigenvalue weighted by Gasteiger charge is 2.06. The Balaban J connectivity index is 2.36. The van der Waals surface area contributed by atoms with Gasteiger partial charge in [0.15, 0.2) is 0 Å². The predicted octanol–water partition coefficient (Wildman–Crippen LogP) is 1.96. The molecular formula is C16H26N2O3. The van der Waals surface area contributed by atoms with Crippen LogP contribution in [0.1, 0.15) is 25.8 Å². The van der Waals surface area contributed by atoms with Crippen molar-refractivity contribution >= 4 is 5.91 Å². The summed E-state index contributed by atoms with van der Waals surface area (Å²) in [6.45, 7) is 6.14. The minimum absolute atomic E-state index is 0.0776. The largest absolute Gasteiger partial charge is 0.497 e. The SMILES string of the molecule is COc1ccc(OC)c(CNCCC(=O)NCC(C)C)c1.